The second kappa shape index (κ2) is 9.88. The van der Waals surface area contributed by atoms with E-state index in [2.05, 4.69) is 152 Å². The van der Waals surface area contributed by atoms with Crippen molar-refractivity contribution in [1.82, 2.24) is 0 Å². The van der Waals surface area contributed by atoms with E-state index in [0.717, 1.165) is 6.42 Å². The fourth-order valence-corrected chi connectivity index (χ4v) is 6.48. The second-order valence-corrected chi connectivity index (χ2v) is 14.0. The molecular weight excluding hydrogens is 492 g/mol. The normalized spacial score (nSPS) is 14.0. The van der Waals surface area contributed by atoms with Crippen LogP contribution in [0.2, 0.25) is 0 Å². The Morgan fingerprint density at radius 1 is 0.683 bits per heavy atom. The molecule has 0 aliphatic heterocycles. The number of allylic oxidation sites excluding steroid dienone is 4. The summed E-state index contributed by atoms with van der Waals surface area (Å²) in [6.45, 7) is 18.4. The van der Waals surface area contributed by atoms with Gasteiger partial charge in [-0.25, -0.2) is 0 Å². The van der Waals surface area contributed by atoms with Gasteiger partial charge in [0.15, 0.2) is 0 Å². The minimum Gasteiger partial charge on any atom is -0.0801 e. The first-order valence-corrected chi connectivity index (χ1v) is 15.0. The highest BCUT2D eigenvalue weighted by atomic mass is 14.3. The van der Waals surface area contributed by atoms with E-state index in [1.807, 2.05) is 0 Å². The Morgan fingerprint density at radius 2 is 1.34 bits per heavy atom. The van der Waals surface area contributed by atoms with Crippen molar-refractivity contribution in [3.05, 3.63) is 156 Å². The molecule has 0 heteroatoms. The van der Waals surface area contributed by atoms with E-state index in [1.165, 1.54) is 76.5 Å². The Balaban J connectivity index is 1.91. The highest BCUT2D eigenvalue weighted by molar-refractivity contribution is 5.88. The lowest BCUT2D eigenvalue weighted by atomic mass is 9.78. The molecule has 0 heterocycles. The third kappa shape index (κ3) is 4.95. The maximum absolute atomic E-state index is 2.53. The van der Waals surface area contributed by atoms with E-state index in [9.17, 15) is 0 Å². The van der Waals surface area contributed by atoms with Gasteiger partial charge in [-0.05, 0) is 109 Å². The van der Waals surface area contributed by atoms with E-state index in [-0.39, 0.29) is 10.8 Å². The minimum absolute atomic E-state index is 0.0605. The van der Waals surface area contributed by atoms with E-state index in [1.54, 1.807) is 0 Å². The van der Waals surface area contributed by atoms with Crippen molar-refractivity contribution in [3.63, 3.8) is 0 Å². The van der Waals surface area contributed by atoms with E-state index < -0.39 is 0 Å². The van der Waals surface area contributed by atoms with Gasteiger partial charge in [-0.1, -0.05) is 138 Å². The molecule has 0 N–H and O–H groups in total. The largest absolute Gasteiger partial charge is 0.0801 e. The summed E-state index contributed by atoms with van der Waals surface area (Å²) in [5.41, 5.74) is 13.4. The van der Waals surface area contributed by atoms with Crippen LogP contribution in [0.15, 0.2) is 91.0 Å². The molecule has 4 aromatic rings. The third-order valence-electron chi connectivity index (χ3n) is 8.64. The van der Waals surface area contributed by atoms with Gasteiger partial charge in [0, 0.05) is 0 Å². The van der Waals surface area contributed by atoms with Gasteiger partial charge in [-0.15, -0.1) is 0 Å². The van der Waals surface area contributed by atoms with Crippen LogP contribution in [0.5, 0.6) is 0 Å². The van der Waals surface area contributed by atoms with Crippen molar-refractivity contribution in [2.75, 3.05) is 0 Å². The third-order valence-corrected chi connectivity index (χ3v) is 8.64. The van der Waals surface area contributed by atoms with Gasteiger partial charge in [0.25, 0.3) is 0 Å². The lowest BCUT2D eigenvalue weighted by molar-refractivity contribution is 0.584. The fraction of sp³-hybridized carbons (Fsp3) is 0.268. The molecule has 0 saturated carbocycles. The van der Waals surface area contributed by atoms with Gasteiger partial charge in [0.1, 0.15) is 0 Å². The maximum Gasteiger partial charge on any atom is -0.00293 e. The van der Waals surface area contributed by atoms with Gasteiger partial charge in [0.2, 0.25) is 0 Å². The summed E-state index contributed by atoms with van der Waals surface area (Å²) in [4.78, 5) is 0. The Labute approximate surface area is 245 Å². The first-order valence-electron chi connectivity index (χ1n) is 15.0. The lowest BCUT2D eigenvalue weighted by Crippen LogP contribution is -2.29. The van der Waals surface area contributed by atoms with Crippen molar-refractivity contribution < 1.29 is 0 Å². The van der Waals surface area contributed by atoms with Crippen LogP contribution in [0.4, 0.5) is 0 Å². The van der Waals surface area contributed by atoms with Crippen LogP contribution in [0.3, 0.4) is 0 Å². The predicted octanol–water partition coefficient (Wildman–Crippen LogP) is 8.92. The zero-order valence-electron chi connectivity index (χ0n) is 25.9. The fourth-order valence-electron chi connectivity index (χ4n) is 6.48. The number of benzene rings is 4. The smallest absolute Gasteiger partial charge is 0.00293 e. The van der Waals surface area contributed by atoms with Crippen LogP contribution >= 0.6 is 0 Å². The van der Waals surface area contributed by atoms with Crippen LogP contribution in [0, 0.1) is 24.3 Å². The van der Waals surface area contributed by atoms with Crippen LogP contribution in [0.1, 0.15) is 92.5 Å². The molecule has 4 aromatic carbocycles. The molecule has 6 rings (SSSR count). The number of fused-ring (bicyclic) bond motifs is 2. The summed E-state index contributed by atoms with van der Waals surface area (Å²) < 4.78 is 0. The van der Waals surface area contributed by atoms with Gasteiger partial charge in [0.05, 0.1) is 0 Å². The molecule has 0 fully saturated rings. The van der Waals surface area contributed by atoms with Gasteiger partial charge in [-0.3, -0.25) is 0 Å². The molecule has 0 nitrogen and oxygen atoms in total. The molecule has 2 aliphatic rings. The maximum atomic E-state index is 2.53. The van der Waals surface area contributed by atoms with Crippen molar-refractivity contribution in [2.24, 2.45) is 0 Å². The van der Waals surface area contributed by atoms with Crippen LogP contribution < -0.4 is 10.4 Å². The highest BCUT2D eigenvalue weighted by Crippen LogP contribution is 2.34. The topological polar surface area (TPSA) is 0 Å². The number of hydrogen-bond acceptors (Lipinski definition) is 0. The molecular formula is C41H42. The molecule has 0 bridgehead atoms. The monoisotopic (exact) mass is 534 g/mol. The van der Waals surface area contributed by atoms with Crippen molar-refractivity contribution in [3.8, 4) is 0 Å². The molecule has 0 atom stereocenters. The van der Waals surface area contributed by atoms with Crippen molar-refractivity contribution >= 4 is 17.2 Å². The Morgan fingerprint density at radius 3 is 1.88 bits per heavy atom. The van der Waals surface area contributed by atoms with Gasteiger partial charge >= 0.3 is 0 Å². The molecule has 206 valence electrons. The molecule has 0 unspecified atom stereocenters. The summed E-state index contributed by atoms with van der Waals surface area (Å²) in [6, 6.07) is 27.7. The molecule has 41 heavy (non-hydrogen) atoms. The second-order valence-electron chi connectivity index (χ2n) is 14.0. The Kier molecular flexibility index (Phi) is 6.57. The van der Waals surface area contributed by atoms with Crippen LogP contribution in [-0.2, 0) is 10.8 Å². The quantitative estimate of drug-likeness (QED) is 0.217. The summed E-state index contributed by atoms with van der Waals surface area (Å²) in [5.74, 6) is 0. The average molecular weight is 535 g/mol. The number of aryl methyl sites for hydroxylation is 2. The summed E-state index contributed by atoms with van der Waals surface area (Å²) in [5, 5.41) is 5.44. The minimum atomic E-state index is -0.0605. The first-order chi connectivity index (χ1) is 19.4. The van der Waals surface area contributed by atoms with E-state index >= 15 is 0 Å². The molecule has 0 spiro atoms. The summed E-state index contributed by atoms with van der Waals surface area (Å²) >= 11 is 0. The predicted molar refractivity (Wildman–Crippen MR) is 176 cm³/mol. The molecule has 2 aliphatic carbocycles. The molecule has 0 amide bonds. The zero-order chi connectivity index (χ0) is 29.1. The Bertz CT molecular complexity index is 1930. The summed E-state index contributed by atoms with van der Waals surface area (Å²) in [7, 11) is 0. The van der Waals surface area contributed by atoms with Crippen molar-refractivity contribution in [2.45, 2.75) is 72.6 Å². The van der Waals surface area contributed by atoms with Crippen LogP contribution in [0.25, 0.3) is 17.2 Å². The zero-order valence-corrected chi connectivity index (χ0v) is 25.9. The van der Waals surface area contributed by atoms with E-state index in [4.69, 9.17) is 0 Å². The average Bonchev–Trinajstić information content (AvgIpc) is 3.55. The highest BCUT2D eigenvalue weighted by Gasteiger charge is 2.26. The standard InChI is InChI=1S/C41H42/c1-26-13-11-17-30(21-26)37(31-18-12-14-27(2)22-31)39-36(41(6,7)8)25-34-33-24-32(40(3,4)5)20-19-29(33)23-35(34)38(39)28-15-9-10-16-28/h9-15,17-25H,16H2,1-8H3. The number of rotatable bonds is 3. The lowest BCUT2D eigenvalue weighted by Gasteiger charge is -2.26. The van der Waals surface area contributed by atoms with Gasteiger partial charge in [-0.2, -0.15) is 0 Å². The molecule has 0 radical (unpaired) electrons. The van der Waals surface area contributed by atoms with Gasteiger partial charge < -0.3 is 0 Å². The first kappa shape index (κ1) is 27.3. The van der Waals surface area contributed by atoms with Crippen molar-refractivity contribution in [1.29, 1.82) is 0 Å². The SMILES string of the molecule is Cc1cccc(C(c2cccc(C)c2)=c2c(C(C)(C)C)cc3c(c2C2=CC=CC2)C=c2ccc(C(C)(C)C)cc2=3)c1. The molecule has 0 aromatic heterocycles. The van der Waals surface area contributed by atoms with Crippen LogP contribution in [-0.4, -0.2) is 0 Å². The Hall–Kier alpha value is -3.90. The summed E-state index contributed by atoms with van der Waals surface area (Å²) in [6.07, 6.45) is 10.3. The number of hydrogen-bond donors (Lipinski definition) is 0. The molecule has 0 saturated heterocycles. The van der Waals surface area contributed by atoms with E-state index in [0.29, 0.717) is 0 Å².